The average Bonchev–Trinajstić information content (AvgIpc) is 2.45. The summed E-state index contributed by atoms with van der Waals surface area (Å²) >= 11 is 0. The van der Waals surface area contributed by atoms with Gasteiger partial charge >= 0.3 is 0 Å². The van der Waals surface area contributed by atoms with Crippen molar-refractivity contribution in [2.45, 2.75) is 6.42 Å². The third-order valence-corrected chi connectivity index (χ3v) is 3.04. The van der Waals surface area contributed by atoms with Gasteiger partial charge in [0.05, 0.1) is 16.6 Å². The van der Waals surface area contributed by atoms with E-state index >= 15 is 0 Å². The van der Waals surface area contributed by atoms with Crippen LogP contribution < -0.4 is 10.6 Å². The maximum Gasteiger partial charge on any atom is 0.272 e. The summed E-state index contributed by atoms with van der Waals surface area (Å²) in [7, 11) is 0. The maximum absolute atomic E-state index is 13.6. The Labute approximate surface area is 114 Å². The second kappa shape index (κ2) is 6.25. The Balaban J connectivity index is 2.02. The molecular formula is C13H14FN3O3. The molecule has 1 aliphatic heterocycles. The Kier molecular flexibility index (Phi) is 4.41. The summed E-state index contributed by atoms with van der Waals surface area (Å²) in [6.07, 6.45) is 2.82. The first-order chi connectivity index (χ1) is 9.58. The number of nitrogens with one attached hydrogen (secondary N) is 2. The second-order valence-electron chi connectivity index (χ2n) is 4.42. The van der Waals surface area contributed by atoms with Crippen molar-refractivity contribution in [1.29, 1.82) is 0 Å². The normalized spacial score (nSPS) is 14.6. The highest BCUT2D eigenvalue weighted by atomic mass is 19.1. The van der Waals surface area contributed by atoms with Gasteiger partial charge in [-0.2, -0.15) is 0 Å². The van der Waals surface area contributed by atoms with Crippen LogP contribution in [-0.2, 0) is 0 Å². The molecule has 1 aromatic carbocycles. The van der Waals surface area contributed by atoms with E-state index in [1.165, 1.54) is 0 Å². The molecule has 1 aromatic rings. The average molecular weight is 279 g/mol. The Morgan fingerprint density at radius 2 is 2.30 bits per heavy atom. The lowest BCUT2D eigenvalue weighted by Gasteiger charge is -2.14. The van der Waals surface area contributed by atoms with Crippen molar-refractivity contribution in [1.82, 2.24) is 10.6 Å². The molecule has 1 heterocycles. The van der Waals surface area contributed by atoms with Gasteiger partial charge in [-0.1, -0.05) is 11.6 Å². The van der Waals surface area contributed by atoms with Crippen LogP contribution in [0.5, 0.6) is 0 Å². The van der Waals surface area contributed by atoms with Crippen molar-refractivity contribution in [3.63, 3.8) is 0 Å². The number of amides is 1. The van der Waals surface area contributed by atoms with Gasteiger partial charge in [-0.05, 0) is 19.0 Å². The van der Waals surface area contributed by atoms with E-state index in [0.717, 1.165) is 43.3 Å². The summed E-state index contributed by atoms with van der Waals surface area (Å²) in [6.45, 7) is 1.97. The van der Waals surface area contributed by atoms with Crippen LogP contribution in [0.4, 0.5) is 10.1 Å². The minimum atomic E-state index is -0.893. The highest BCUT2D eigenvalue weighted by Gasteiger charge is 2.16. The van der Waals surface area contributed by atoms with E-state index in [9.17, 15) is 19.3 Å². The van der Waals surface area contributed by atoms with E-state index in [4.69, 9.17) is 0 Å². The number of nitro groups is 1. The van der Waals surface area contributed by atoms with E-state index in [-0.39, 0.29) is 11.3 Å². The zero-order valence-corrected chi connectivity index (χ0v) is 10.7. The van der Waals surface area contributed by atoms with Gasteiger partial charge in [0.25, 0.3) is 11.6 Å². The summed E-state index contributed by atoms with van der Waals surface area (Å²) in [6, 6.07) is 2.99. The predicted octanol–water partition coefficient (Wildman–Crippen LogP) is 1.38. The van der Waals surface area contributed by atoms with Crippen molar-refractivity contribution in [3.05, 3.63) is 51.3 Å². The minimum Gasteiger partial charge on any atom is -0.348 e. The van der Waals surface area contributed by atoms with Crippen LogP contribution in [-0.4, -0.2) is 30.5 Å². The predicted molar refractivity (Wildman–Crippen MR) is 71.0 cm³/mol. The van der Waals surface area contributed by atoms with Crippen LogP contribution in [0.2, 0.25) is 0 Å². The van der Waals surface area contributed by atoms with Crippen molar-refractivity contribution in [2.75, 3.05) is 19.6 Å². The van der Waals surface area contributed by atoms with Gasteiger partial charge in [0.1, 0.15) is 5.82 Å². The number of benzene rings is 1. The van der Waals surface area contributed by atoms with Gasteiger partial charge in [-0.3, -0.25) is 14.9 Å². The van der Waals surface area contributed by atoms with Crippen LogP contribution in [0, 0.1) is 15.9 Å². The van der Waals surface area contributed by atoms with Crippen molar-refractivity contribution in [3.8, 4) is 0 Å². The fraction of sp³-hybridized carbons (Fsp3) is 0.308. The molecule has 2 N–H and O–H groups in total. The lowest BCUT2D eigenvalue weighted by atomic mass is 10.1. The minimum absolute atomic E-state index is 0.190. The molecule has 0 bridgehead atoms. The molecule has 7 heteroatoms. The highest BCUT2D eigenvalue weighted by Crippen LogP contribution is 2.16. The van der Waals surface area contributed by atoms with Crippen molar-refractivity contribution < 1.29 is 14.1 Å². The van der Waals surface area contributed by atoms with Crippen LogP contribution in [0.25, 0.3) is 0 Å². The summed E-state index contributed by atoms with van der Waals surface area (Å²) in [5, 5.41) is 16.3. The van der Waals surface area contributed by atoms with Crippen molar-refractivity contribution in [2.24, 2.45) is 0 Å². The molecule has 0 aromatic heterocycles. The number of carbonyl (C=O) groups is 1. The summed E-state index contributed by atoms with van der Waals surface area (Å²) in [5.41, 5.74) is 0.518. The second-order valence-corrected chi connectivity index (χ2v) is 4.42. The molecule has 0 radical (unpaired) electrons. The first-order valence-corrected chi connectivity index (χ1v) is 6.18. The molecular weight excluding hydrogens is 265 g/mol. The molecule has 1 aliphatic rings. The number of hydrogen-bond donors (Lipinski definition) is 2. The number of nitro benzene ring substituents is 1. The maximum atomic E-state index is 13.6. The molecule has 0 spiro atoms. The SMILES string of the molecule is O=C(NCC1=CCNCC1)c1ccc([N+](=O)[O-])cc1F. The fourth-order valence-corrected chi connectivity index (χ4v) is 1.92. The van der Waals surface area contributed by atoms with Crippen LogP contribution in [0.15, 0.2) is 29.8 Å². The number of carbonyl (C=O) groups excluding carboxylic acids is 1. The lowest BCUT2D eigenvalue weighted by molar-refractivity contribution is -0.385. The van der Waals surface area contributed by atoms with Gasteiger partial charge in [0.2, 0.25) is 0 Å². The molecule has 6 nitrogen and oxygen atoms in total. The van der Waals surface area contributed by atoms with Gasteiger partial charge in [0.15, 0.2) is 0 Å². The van der Waals surface area contributed by atoms with Gasteiger partial charge in [-0.25, -0.2) is 4.39 Å². The molecule has 2 rings (SSSR count). The van der Waals surface area contributed by atoms with Crippen LogP contribution >= 0.6 is 0 Å². The lowest BCUT2D eigenvalue weighted by Crippen LogP contribution is -2.30. The zero-order chi connectivity index (χ0) is 14.5. The number of non-ortho nitro benzene ring substituents is 1. The first-order valence-electron chi connectivity index (χ1n) is 6.18. The van der Waals surface area contributed by atoms with E-state index in [1.807, 2.05) is 6.08 Å². The zero-order valence-electron chi connectivity index (χ0n) is 10.7. The van der Waals surface area contributed by atoms with Gasteiger partial charge in [0, 0.05) is 19.2 Å². The summed E-state index contributed by atoms with van der Waals surface area (Å²) < 4.78 is 13.6. The highest BCUT2D eigenvalue weighted by molar-refractivity contribution is 5.94. The monoisotopic (exact) mass is 279 g/mol. The Hall–Kier alpha value is -2.28. The van der Waals surface area contributed by atoms with Crippen LogP contribution in [0.3, 0.4) is 0 Å². The molecule has 0 fully saturated rings. The molecule has 0 unspecified atom stereocenters. The summed E-state index contributed by atoms with van der Waals surface area (Å²) in [5.74, 6) is -1.46. The quantitative estimate of drug-likeness (QED) is 0.495. The summed E-state index contributed by atoms with van der Waals surface area (Å²) in [4.78, 5) is 21.6. The number of hydrogen-bond acceptors (Lipinski definition) is 4. The van der Waals surface area contributed by atoms with Crippen molar-refractivity contribution >= 4 is 11.6 Å². The molecule has 0 saturated heterocycles. The number of nitrogens with zero attached hydrogens (tertiary/aromatic N) is 1. The Bertz CT molecular complexity index is 572. The third-order valence-electron chi connectivity index (χ3n) is 3.04. The topological polar surface area (TPSA) is 84.3 Å². The van der Waals surface area contributed by atoms with E-state index in [0.29, 0.717) is 6.54 Å². The molecule has 1 amide bonds. The number of rotatable bonds is 4. The largest absolute Gasteiger partial charge is 0.348 e. The smallest absolute Gasteiger partial charge is 0.272 e. The molecule has 20 heavy (non-hydrogen) atoms. The Morgan fingerprint density at radius 3 is 2.90 bits per heavy atom. The first kappa shape index (κ1) is 14.1. The molecule has 0 atom stereocenters. The van der Waals surface area contributed by atoms with E-state index < -0.39 is 16.6 Å². The van der Waals surface area contributed by atoms with Gasteiger partial charge < -0.3 is 10.6 Å². The molecule has 0 saturated carbocycles. The van der Waals surface area contributed by atoms with Crippen LogP contribution in [0.1, 0.15) is 16.8 Å². The standard InChI is InChI=1S/C13H14FN3O3/c14-12-7-10(17(19)20)1-2-11(12)13(18)16-8-9-3-5-15-6-4-9/h1-3,7,15H,4-6,8H2,(H,16,18). The van der Waals surface area contributed by atoms with E-state index in [2.05, 4.69) is 10.6 Å². The fourth-order valence-electron chi connectivity index (χ4n) is 1.92. The van der Waals surface area contributed by atoms with E-state index in [1.54, 1.807) is 0 Å². The third kappa shape index (κ3) is 3.39. The Morgan fingerprint density at radius 1 is 1.50 bits per heavy atom. The molecule has 0 aliphatic carbocycles. The number of halogens is 1. The molecule has 106 valence electrons. The van der Waals surface area contributed by atoms with Gasteiger partial charge in [-0.15, -0.1) is 0 Å².